The maximum Gasteiger partial charge on any atom is 0.120 e. The van der Waals surface area contributed by atoms with Crippen molar-refractivity contribution in [3.05, 3.63) is 29.3 Å². The van der Waals surface area contributed by atoms with Gasteiger partial charge in [0.15, 0.2) is 0 Å². The van der Waals surface area contributed by atoms with E-state index in [1.807, 2.05) is 13.0 Å². The molecule has 0 radical (unpaired) electrons. The van der Waals surface area contributed by atoms with Gasteiger partial charge in [-0.2, -0.15) is 0 Å². The zero-order valence-corrected chi connectivity index (χ0v) is 9.90. The van der Waals surface area contributed by atoms with Crippen molar-refractivity contribution in [1.82, 2.24) is 0 Å². The minimum atomic E-state index is 0.0816. The van der Waals surface area contributed by atoms with E-state index in [0.29, 0.717) is 6.61 Å². The monoisotopic (exact) mass is 221 g/mol. The highest BCUT2D eigenvalue weighted by atomic mass is 16.5. The Balaban J connectivity index is 2.07. The van der Waals surface area contributed by atoms with Crippen molar-refractivity contribution in [2.75, 3.05) is 13.7 Å². The molecule has 0 bridgehead atoms. The van der Waals surface area contributed by atoms with Gasteiger partial charge in [0.2, 0.25) is 0 Å². The predicted molar refractivity (Wildman–Crippen MR) is 63.7 cm³/mol. The zero-order valence-electron chi connectivity index (χ0n) is 9.90. The topological polar surface area (TPSA) is 44.5 Å². The second-order valence-corrected chi connectivity index (χ2v) is 4.39. The van der Waals surface area contributed by atoms with Crippen LogP contribution in [0.15, 0.2) is 18.2 Å². The second-order valence-electron chi connectivity index (χ2n) is 4.39. The van der Waals surface area contributed by atoms with E-state index in [9.17, 15) is 0 Å². The molecule has 0 fully saturated rings. The molecule has 0 heterocycles. The summed E-state index contributed by atoms with van der Waals surface area (Å²) in [5, 5.41) is 0. The molecule has 1 aromatic carbocycles. The highest BCUT2D eigenvalue weighted by Crippen LogP contribution is 2.32. The van der Waals surface area contributed by atoms with E-state index in [2.05, 4.69) is 12.1 Å². The van der Waals surface area contributed by atoms with E-state index in [4.69, 9.17) is 15.2 Å². The van der Waals surface area contributed by atoms with Crippen molar-refractivity contribution in [1.29, 1.82) is 0 Å². The number of aryl methyl sites for hydroxylation is 1. The van der Waals surface area contributed by atoms with E-state index in [1.54, 1.807) is 7.11 Å². The molecule has 0 saturated carbocycles. The zero-order chi connectivity index (χ0) is 11.5. The van der Waals surface area contributed by atoms with Crippen LogP contribution >= 0.6 is 0 Å². The molecule has 2 rings (SSSR count). The van der Waals surface area contributed by atoms with Gasteiger partial charge in [0.1, 0.15) is 11.9 Å². The molecule has 0 aromatic heterocycles. The fourth-order valence-electron chi connectivity index (χ4n) is 2.20. The minimum absolute atomic E-state index is 0.0816. The molecule has 1 aliphatic carbocycles. The molecule has 0 amide bonds. The third kappa shape index (κ3) is 2.36. The molecule has 3 heteroatoms. The van der Waals surface area contributed by atoms with Crippen LogP contribution in [0.1, 0.15) is 30.5 Å². The molecule has 1 unspecified atom stereocenters. The Morgan fingerprint density at radius 1 is 1.50 bits per heavy atom. The molecule has 0 saturated heterocycles. The van der Waals surface area contributed by atoms with Crippen molar-refractivity contribution >= 4 is 0 Å². The molecule has 3 nitrogen and oxygen atoms in total. The second kappa shape index (κ2) is 4.85. The standard InChI is InChI=1S/C13H19NO2/c1-9(8-15-2)16-11-4-5-12-10(7-11)3-6-13(12)14/h4-5,7,9,13H,3,6,8,14H2,1-2H3/t9?,13-/m0/s1. The van der Waals surface area contributed by atoms with Crippen LogP contribution in [0.3, 0.4) is 0 Å². The summed E-state index contributed by atoms with van der Waals surface area (Å²) in [6.45, 7) is 2.61. The summed E-state index contributed by atoms with van der Waals surface area (Å²) in [6.07, 6.45) is 2.19. The Hall–Kier alpha value is -1.06. The predicted octanol–water partition coefficient (Wildman–Crippen LogP) is 2.05. The summed E-state index contributed by atoms with van der Waals surface area (Å²) in [4.78, 5) is 0. The van der Waals surface area contributed by atoms with E-state index in [0.717, 1.165) is 18.6 Å². The highest BCUT2D eigenvalue weighted by molar-refractivity contribution is 5.40. The molecular formula is C13H19NO2. The first-order valence-electron chi connectivity index (χ1n) is 5.74. The van der Waals surface area contributed by atoms with Crippen LogP contribution in [0.25, 0.3) is 0 Å². The van der Waals surface area contributed by atoms with Crippen LogP contribution in [-0.4, -0.2) is 19.8 Å². The number of fused-ring (bicyclic) bond motifs is 1. The third-order valence-corrected chi connectivity index (χ3v) is 2.98. The number of ether oxygens (including phenoxy) is 2. The normalized spacial score (nSPS) is 20.6. The first kappa shape index (κ1) is 11.4. The van der Waals surface area contributed by atoms with E-state index in [-0.39, 0.29) is 12.1 Å². The SMILES string of the molecule is COCC(C)Oc1ccc2c(c1)CC[C@@H]2N. The maximum atomic E-state index is 5.98. The lowest BCUT2D eigenvalue weighted by molar-refractivity contribution is 0.0920. The minimum Gasteiger partial charge on any atom is -0.488 e. The Morgan fingerprint density at radius 2 is 2.31 bits per heavy atom. The van der Waals surface area contributed by atoms with Crippen molar-refractivity contribution in [3.8, 4) is 5.75 Å². The fourth-order valence-corrected chi connectivity index (χ4v) is 2.20. The smallest absolute Gasteiger partial charge is 0.120 e. The molecule has 2 N–H and O–H groups in total. The van der Waals surface area contributed by atoms with Crippen LogP contribution in [0.4, 0.5) is 0 Å². The molecule has 2 atom stereocenters. The van der Waals surface area contributed by atoms with Gasteiger partial charge in [0.05, 0.1) is 6.61 Å². The molecule has 1 aromatic rings. The maximum absolute atomic E-state index is 5.98. The van der Waals surface area contributed by atoms with Gasteiger partial charge in [-0.1, -0.05) is 6.07 Å². The molecular weight excluding hydrogens is 202 g/mol. The van der Waals surface area contributed by atoms with Gasteiger partial charge in [-0.25, -0.2) is 0 Å². The third-order valence-electron chi connectivity index (χ3n) is 2.98. The molecule has 16 heavy (non-hydrogen) atoms. The average molecular weight is 221 g/mol. The van der Waals surface area contributed by atoms with Crippen molar-refractivity contribution in [2.45, 2.75) is 31.9 Å². The summed E-state index contributed by atoms with van der Waals surface area (Å²) in [5.74, 6) is 0.914. The van der Waals surface area contributed by atoms with Crippen LogP contribution in [0, 0.1) is 0 Å². The Kier molecular flexibility index (Phi) is 3.46. The van der Waals surface area contributed by atoms with Gasteiger partial charge in [-0.15, -0.1) is 0 Å². The number of hydrogen-bond donors (Lipinski definition) is 1. The lowest BCUT2D eigenvalue weighted by Gasteiger charge is -2.14. The van der Waals surface area contributed by atoms with Crippen LogP contribution in [-0.2, 0) is 11.2 Å². The Bertz CT molecular complexity index is 365. The van der Waals surface area contributed by atoms with Crippen LogP contribution < -0.4 is 10.5 Å². The molecule has 88 valence electrons. The van der Waals surface area contributed by atoms with E-state index >= 15 is 0 Å². The van der Waals surface area contributed by atoms with Gasteiger partial charge in [0, 0.05) is 13.2 Å². The largest absolute Gasteiger partial charge is 0.488 e. The lowest BCUT2D eigenvalue weighted by atomic mass is 10.1. The lowest BCUT2D eigenvalue weighted by Crippen LogP contribution is -2.18. The first-order valence-corrected chi connectivity index (χ1v) is 5.74. The van der Waals surface area contributed by atoms with Crippen molar-refractivity contribution in [2.24, 2.45) is 5.73 Å². The van der Waals surface area contributed by atoms with Gasteiger partial charge >= 0.3 is 0 Å². The van der Waals surface area contributed by atoms with Gasteiger partial charge < -0.3 is 15.2 Å². The summed E-state index contributed by atoms with van der Waals surface area (Å²) >= 11 is 0. The Morgan fingerprint density at radius 3 is 3.06 bits per heavy atom. The van der Waals surface area contributed by atoms with Crippen LogP contribution in [0.5, 0.6) is 5.75 Å². The van der Waals surface area contributed by atoms with E-state index in [1.165, 1.54) is 11.1 Å². The summed E-state index contributed by atoms with van der Waals surface area (Å²) < 4.78 is 10.8. The molecule has 1 aliphatic rings. The number of rotatable bonds is 4. The fraction of sp³-hybridized carbons (Fsp3) is 0.538. The molecule has 0 aliphatic heterocycles. The van der Waals surface area contributed by atoms with Gasteiger partial charge in [0.25, 0.3) is 0 Å². The number of hydrogen-bond acceptors (Lipinski definition) is 3. The van der Waals surface area contributed by atoms with E-state index < -0.39 is 0 Å². The van der Waals surface area contributed by atoms with Crippen molar-refractivity contribution < 1.29 is 9.47 Å². The van der Waals surface area contributed by atoms with Gasteiger partial charge in [-0.3, -0.25) is 0 Å². The van der Waals surface area contributed by atoms with Crippen molar-refractivity contribution in [3.63, 3.8) is 0 Å². The molecule has 0 spiro atoms. The summed E-state index contributed by atoms with van der Waals surface area (Å²) in [7, 11) is 1.68. The van der Waals surface area contributed by atoms with Crippen LogP contribution in [0.2, 0.25) is 0 Å². The number of methoxy groups -OCH3 is 1. The number of nitrogens with two attached hydrogens (primary N) is 1. The Labute approximate surface area is 96.5 Å². The quantitative estimate of drug-likeness (QED) is 0.846. The summed E-state index contributed by atoms with van der Waals surface area (Å²) in [5.41, 5.74) is 8.58. The number of benzene rings is 1. The average Bonchev–Trinajstić information content (AvgIpc) is 2.60. The van der Waals surface area contributed by atoms with Gasteiger partial charge in [-0.05, 0) is 43.0 Å². The summed E-state index contributed by atoms with van der Waals surface area (Å²) in [6, 6.07) is 6.40. The first-order chi connectivity index (χ1) is 7.70. The highest BCUT2D eigenvalue weighted by Gasteiger charge is 2.19.